The Kier molecular flexibility index (Phi) is 3.89. The van der Waals surface area contributed by atoms with Gasteiger partial charge in [-0.25, -0.2) is 4.98 Å². The minimum atomic E-state index is -4.40. The molecule has 0 saturated carbocycles. The number of aromatic nitrogens is 1. The molecule has 0 atom stereocenters. The molecule has 0 unspecified atom stereocenters. The molecule has 0 saturated heterocycles. The van der Waals surface area contributed by atoms with E-state index in [0.717, 1.165) is 17.7 Å². The standard InChI is InChI=1S/C13H11BrF3N3/c1-7-4-10(18)12(19-6-7)20-11-5-8(13(15,16)17)2-3-9(11)14/h2-6H,18H2,1H3,(H,19,20). The van der Waals surface area contributed by atoms with Gasteiger partial charge in [0.2, 0.25) is 0 Å². The van der Waals surface area contributed by atoms with Crippen LogP contribution in [0.15, 0.2) is 34.9 Å². The molecule has 3 N–H and O–H groups in total. The number of nitrogens with one attached hydrogen (secondary N) is 1. The van der Waals surface area contributed by atoms with E-state index < -0.39 is 11.7 Å². The van der Waals surface area contributed by atoms with E-state index in [9.17, 15) is 13.2 Å². The number of nitrogen functional groups attached to an aromatic ring is 1. The van der Waals surface area contributed by atoms with E-state index in [1.165, 1.54) is 6.07 Å². The molecule has 0 radical (unpaired) electrons. The number of aryl methyl sites for hydroxylation is 1. The summed E-state index contributed by atoms with van der Waals surface area (Å²) in [6, 6.07) is 5.03. The number of rotatable bonds is 2. The minimum Gasteiger partial charge on any atom is -0.396 e. The van der Waals surface area contributed by atoms with Gasteiger partial charge in [-0.2, -0.15) is 13.2 Å². The third-order valence-corrected chi connectivity index (χ3v) is 3.29. The molecule has 0 fully saturated rings. The van der Waals surface area contributed by atoms with Gasteiger partial charge in [0, 0.05) is 10.7 Å². The Morgan fingerprint density at radius 2 is 1.95 bits per heavy atom. The highest BCUT2D eigenvalue weighted by Gasteiger charge is 2.31. The van der Waals surface area contributed by atoms with E-state index in [4.69, 9.17) is 5.73 Å². The summed E-state index contributed by atoms with van der Waals surface area (Å²) in [5.41, 5.74) is 6.53. The summed E-state index contributed by atoms with van der Waals surface area (Å²) in [4.78, 5) is 4.07. The zero-order valence-electron chi connectivity index (χ0n) is 10.4. The SMILES string of the molecule is Cc1cnc(Nc2cc(C(F)(F)F)ccc2Br)c(N)c1. The Bertz CT molecular complexity index is 641. The number of halogens is 4. The van der Waals surface area contributed by atoms with Gasteiger partial charge >= 0.3 is 6.18 Å². The third-order valence-electron chi connectivity index (χ3n) is 2.60. The molecule has 2 aromatic rings. The van der Waals surface area contributed by atoms with Crippen LogP contribution in [0, 0.1) is 6.92 Å². The number of nitrogens with two attached hydrogens (primary N) is 1. The molecular formula is C13H11BrF3N3. The molecule has 7 heteroatoms. The van der Waals surface area contributed by atoms with Crippen molar-refractivity contribution >= 4 is 33.1 Å². The molecule has 0 bridgehead atoms. The highest BCUT2D eigenvalue weighted by atomic mass is 79.9. The lowest BCUT2D eigenvalue weighted by Crippen LogP contribution is -2.06. The van der Waals surface area contributed by atoms with Gasteiger partial charge in [-0.3, -0.25) is 0 Å². The van der Waals surface area contributed by atoms with E-state index in [-0.39, 0.29) is 5.69 Å². The third kappa shape index (κ3) is 3.22. The first-order valence-electron chi connectivity index (χ1n) is 5.63. The van der Waals surface area contributed by atoms with Gasteiger partial charge in [0.15, 0.2) is 5.82 Å². The van der Waals surface area contributed by atoms with Crippen LogP contribution in [0.2, 0.25) is 0 Å². The van der Waals surface area contributed by atoms with Crippen molar-refractivity contribution in [3.8, 4) is 0 Å². The normalized spacial score (nSPS) is 11.4. The van der Waals surface area contributed by atoms with Crippen LogP contribution < -0.4 is 11.1 Å². The maximum absolute atomic E-state index is 12.7. The van der Waals surface area contributed by atoms with Crippen LogP contribution in [0.1, 0.15) is 11.1 Å². The van der Waals surface area contributed by atoms with Crippen LogP contribution in [0.25, 0.3) is 0 Å². The highest BCUT2D eigenvalue weighted by molar-refractivity contribution is 9.10. The number of benzene rings is 1. The second kappa shape index (κ2) is 5.32. The van der Waals surface area contributed by atoms with Crippen LogP contribution in [0.3, 0.4) is 0 Å². The first kappa shape index (κ1) is 14.6. The molecule has 0 aliphatic carbocycles. The molecule has 0 aliphatic rings. The first-order chi connectivity index (χ1) is 9.27. The summed E-state index contributed by atoms with van der Waals surface area (Å²) in [5.74, 6) is 0.315. The van der Waals surface area contributed by atoms with Gasteiger partial charge in [0.25, 0.3) is 0 Å². The Hall–Kier alpha value is -1.76. The topological polar surface area (TPSA) is 50.9 Å². The largest absolute Gasteiger partial charge is 0.416 e. The average Bonchev–Trinajstić information content (AvgIpc) is 2.33. The molecular weight excluding hydrogens is 335 g/mol. The van der Waals surface area contributed by atoms with E-state index in [0.29, 0.717) is 16.0 Å². The summed E-state index contributed by atoms with van der Waals surface area (Å²) in [7, 11) is 0. The van der Waals surface area contributed by atoms with Gasteiger partial charge in [-0.15, -0.1) is 0 Å². The van der Waals surface area contributed by atoms with E-state index >= 15 is 0 Å². The summed E-state index contributed by atoms with van der Waals surface area (Å²) in [6.07, 6.45) is -2.82. The molecule has 1 aromatic heterocycles. The first-order valence-corrected chi connectivity index (χ1v) is 6.42. The van der Waals surface area contributed by atoms with E-state index in [1.54, 1.807) is 12.3 Å². The summed E-state index contributed by atoms with van der Waals surface area (Å²) in [5, 5.41) is 2.80. The minimum absolute atomic E-state index is 0.253. The van der Waals surface area contributed by atoms with E-state index in [1.807, 2.05) is 6.92 Å². The molecule has 2 rings (SSSR count). The Labute approximate surface area is 122 Å². The van der Waals surface area contributed by atoms with Gasteiger partial charge in [-0.1, -0.05) is 0 Å². The number of nitrogens with zero attached hydrogens (tertiary/aromatic N) is 1. The van der Waals surface area contributed by atoms with Gasteiger partial charge < -0.3 is 11.1 Å². The predicted octanol–water partition coefficient (Wildman–Crippen LogP) is 4.50. The second-order valence-corrected chi connectivity index (χ2v) is 5.12. The molecule has 3 nitrogen and oxygen atoms in total. The lowest BCUT2D eigenvalue weighted by molar-refractivity contribution is -0.137. The summed E-state index contributed by atoms with van der Waals surface area (Å²) >= 11 is 3.20. The number of hydrogen-bond donors (Lipinski definition) is 2. The van der Waals surface area contributed by atoms with Crippen molar-refractivity contribution in [1.82, 2.24) is 4.98 Å². The lowest BCUT2D eigenvalue weighted by Gasteiger charge is -2.13. The fraction of sp³-hybridized carbons (Fsp3) is 0.154. The van der Waals surface area contributed by atoms with Crippen LogP contribution in [-0.4, -0.2) is 4.98 Å². The van der Waals surface area contributed by atoms with Crippen LogP contribution in [-0.2, 0) is 6.18 Å². The molecule has 106 valence electrons. The maximum Gasteiger partial charge on any atom is 0.416 e. The number of pyridine rings is 1. The molecule has 0 spiro atoms. The zero-order valence-corrected chi connectivity index (χ0v) is 12.0. The molecule has 20 heavy (non-hydrogen) atoms. The van der Waals surface area contributed by atoms with E-state index in [2.05, 4.69) is 26.2 Å². The van der Waals surface area contributed by atoms with Crippen molar-refractivity contribution in [2.45, 2.75) is 13.1 Å². The Morgan fingerprint density at radius 1 is 1.25 bits per heavy atom. The highest BCUT2D eigenvalue weighted by Crippen LogP contribution is 2.35. The lowest BCUT2D eigenvalue weighted by atomic mass is 10.2. The summed E-state index contributed by atoms with van der Waals surface area (Å²) < 4.78 is 38.6. The van der Waals surface area contributed by atoms with Crippen molar-refractivity contribution in [3.63, 3.8) is 0 Å². The van der Waals surface area contributed by atoms with Crippen LogP contribution in [0.4, 0.5) is 30.4 Å². The Morgan fingerprint density at radius 3 is 2.55 bits per heavy atom. The average molecular weight is 346 g/mol. The number of hydrogen-bond acceptors (Lipinski definition) is 3. The number of anilines is 3. The van der Waals surface area contributed by atoms with Crippen molar-refractivity contribution in [3.05, 3.63) is 46.1 Å². The quantitative estimate of drug-likeness (QED) is 0.842. The molecule has 0 aliphatic heterocycles. The summed E-state index contributed by atoms with van der Waals surface area (Å²) in [6.45, 7) is 1.83. The van der Waals surface area contributed by atoms with Crippen molar-refractivity contribution in [2.24, 2.45) is 0 Å². The van der Waals surface area contributed by atoms with Crippen molar-refractivity contribution in [1.29, 1.82) is 0 Å². The Balaban J connectivity index is 2.38. The molecule has 1 heterocycles. The predicted molar refractivity (Wildman–Crippen MR) is 75.8 cm³/mol. The van der Waals surface area contributed by atoms with Gasteiger partial charge in [0.05, 0.1) is 16.9 Å². The maximum atomic E-state index is 12.7. The monoisotopic (exact) mass is 345 g/mol. The zero-order chi connectivity index (χ0) is 14.9. The molecule has 0 amide bonds. The number of alkyl halides is 3. The fourth-order valence-electron chi connectivity index (χ4n) is 1.62. The smallest absolute Gasteiger partial charge is 0.396 e. The van der Waals surface area contributed by atoms with Crippen molar-refractivity contribution < 1.29 is 13.2 Å². The van der Waals surface area contributed by atoms with Crippen LogP contribution in [0.5, 0.6) is 0 Å². The molecule has 1 aromatic carbocycles. The van der Waals surface area contributed by atoms with Crippen LogP contribution >= 0.6 is 15.9 Å². The fourth-order valence-corrected chi connectivity index (χ4v) is 1.97. The van der Waals surface area contributed by atoms with Gasteiger partial charge in [0.1, 0.15) is 0 Å². The second-order valence-electron chi connectivity index (χ2n) is 4.27. The van der Waals surface area contributed by atoms with Gasteiger partial charge in [-0.05, 0) is 52.7 Å². The van der Waals surface area contributed by atoms with Crippen molar-refractivity contribution in [2.75, 3.05) is 11.1 Å².